The summed E-state index contributed by atoms with van der Waals surface area (Å²) in [5.41, 5.74) is 1.26. The maximum atomic E-state index is 12.6. The second-order valence-corrected chi connectivity index (χ2v) is 8.20. The van der Waals surface area contributed by atoms with Crippen LogP contribution in [-0.4, -0.2) is 62.2 Å². The van der Waals surface area contributed by atoms with Gasteiger partial charge in [0.05, 0.1) is 12.1 Å². The molecule has 2 aliphatic rings. The van der Waals surface area contributed by atoms with Gasteiger partial charge in [-0.15, -0.1) is 0 Å². The molecule has 3 rings (SSSR count). The summed E-state index contributed by atoms with van der Waals surface area (Å²) in [7, 11) is 1.73. The summed E-state index contributed by atoms with van der Waals surface area (Å²) in [6.45, 7) is 5.60. The number of likely N-dealkylation sites (tertiary alicyclic amines) is 1. The number of nitrogens with one attached hydrogen (secondary N) is 2. The van der Waals surface area contributed by atoms with E-state index in [0.29, 0.717) is 18.4 Å². The van der Waals surface area contributed by atoms with Gasteiger partial charge in [0, 0.05) is 33.3 Å². The molecule has 1 aromatic rings. The number of aliphatic imine (C=N–C) groups is 1. The topological polar surface area (TPSA) is 66.0 Å². The van der Waals surface area contributed by atoms with E-state index in [9.17, 15) is 4.79 Å². The van der Waals surface area contributed by atoms with Crippen molar-refractivity contribution in [1.82, 2.24) is 15.5 Å². The third-order valence-electron chi connectivity index (χ3n) is 5.90. The number of nitrogens with zero attached hydrogens (tertiary/aromatic N) is 2. The number of amides is 1. The second-order valence-electron chi connectivity index (χ2n) is 8.20. The minimum absolute atomic E-state index is 0.137. The quantitative estimate of drug-likeness (QED) is 0.581. The third-order valence-corrected chi connectivity index (χ3v) is 5.90. The monoisotopic (exact) mass is 386 g/mol. The minimum Gasteiger partial charge on any atom is -0.373 e. The minimum atomic E-state index is -0.137. The second kappa shape index (κ2) is 9.92. The molecule has 0 bridgehead atoms. The Balaban J connectivity index is 1.36. The molecule has 2 heterocycles. The van der Waals surface area contributed by atoms with Gasteiger partial charge >= 0.3 is 0 Å². The van der Waals surface area contributed by atoms with Crippen molar-refractivity contribution in [3.05, 3.63) is 35.9 Å². The SMILES string of the molecule is CN=C(NCC(=O)N1CCC(Cc2ccccc2)CC1)NCC1(C)CCCO1. The summed E-state index contributed by atoms with van der Waals surface area (Å²) in [6, 6.07) is 10.6. The summed E-state index contributed by atoms with van der Waals surface area (Å²) in [5.74, 6) is 1.47. The average Bonchev–Trinajstić information content (AvgIpc) is 3.16. The van der Waals surface area contributed by atoms with Crippen molar-refractivity contribution in [3.63, 3.8) is 0 Å². The number of piperidine rings is 1. The molecular weight excluding hydrogens is 352 g/mol. The number of rotatable bonds is 6. The van der Waals surface area contributed by atoms with E-state index < -0.39 is 0 Å². The highest BCUT2D eigenvalue weighted by Gasteiger charge is 2.30. The van der Waals surface area contributed by atoms with Gasteiger partial charge in [-0.3, -0.25) is 9.79 Å². The largest absolute Gasteiger partial charge is 0.373 e. The Morgan fingerprint density at radius 2 is 2.00 bits per heavy atom. The van der Waals surface area contributed by atoms with Gasteiger partial charge in [0.1, 0.15) is 0 Å². The van der Waals surface area contributed by atoms with Crippen molar-refractivity contribution >= 4 is 11.9 Å². The average molecular weight is 387 g/mol. The zero-order valence-corrected chi connectivity index (χ0v) is 17.2. The Morgan fingerprint density at radius 1 is 1.25 bits per heavy atom. The van der Waals surface area contributed by atoms with Crippen LogP contribution in [0.3, 0.4) is 0 Å². The zero-order valence-electron chi connectivity index (χ0n) is 17.2. The summed E-state index contributed by atoms with van der Waals surface area (Å²) >= 11 is 0. The first-order valence-electron chi connectivity index (χ1n) is 10.5. The van der Waals surface area contributed by atoms with E-state index >= 15 is 0 Å². The van der Waals surface area contributed by atoms with Gasteiger partial charge in [-0.2, -0.15) is 0 Å². The van der Waals surface area contributed by atoms with E-state index in [0.717, 1.165) is 51.8 Å². The van der Waals surface area contributed by atoms with E-state index in [1.165, 1.54) is 5.56 Å². The lowest BCUT2D eigenvalue weighted by atomic mass is 9.90. The van der Waals surface area contributed by atoms with Gasteiger partial charge in [0.25, 0.3) is 0 Å². The molecule has 28 heavy (non-hydrogen) atoms. The summed E-state index contributed by atoms with van der Waals surface area (Å²) in [4.78, 5) is 18.8. The van der Waals surface area contributed by atoms with Crippen molar-refractivity contribution < 1.29 is 9.53 Å². The molecule has 0 radical (unpaired) electrons. The van der Waals surface area contributed by atoms with Crippen LogP contribution in [0.25, 0.3) is 0 Å². The predicted octanol–water partition coefficient (Wildman–Crippen LogP) is 2.20. The standard InChI is InChI=1S/C22H34N4O2/c1-22(11-6-14-28-22)17-25-21(23-2)24-16-20(27)26-12-9-19(10-13-26)15-18-7-4-3-5-8-18/h3-5,7-8,19H,6,9-17H2,1-2H3,(H2,23,24,25). The molecular formula is C22H34N4O2. The van der Waals surface area contributed by atoms with Crippen LogP contribution in [0, 0.1) is 5.92 Å². The molecule has 2 saturated heterocycles. The van der Waals surface area contributed by atoms with Crippen LogP contribution in [0.5, 0.6) is 0 Å². The Kier molecular flexibility index (Phi) is 7.31. The molecule has 0 aliphatic carbocycles. The molecule has 2 fully saturated rings. The maximum Gasteiger partial charge on any atom is 0.241 e. The highest BCUT2D eigenvalue weighted by Crippen LogP contribution is 2.24. The smallest absolute Gasteiger partial charge is 0.241 e. The normalized spacial score (nSPS) is 23.6. The third kappa shape index (κ3) is 5.96. The number of guanidine groups is 1. The summed E-state index contributed by atoms with van der Waals surface area (Å²) < 4.78 is 5.79. The maximum absolute atomic E-state index is 12.6. The van der Waals surface area contributed by atoms with E-state index in [4.69, 9.17) is 4.74 Å². The predicted molar refractivity (Wildman–Crippen MR) is 112 cm³/mol. The molecule has 2 N–H and O–H groups in total. The van der Waals surface area contributed by atoms with Crippen molar-refractivity contribution in [2.24, 2.45) is 10.9 Å². The lowest BCUT2D eigenvalue weighted by molar-refractivity contribution is -0.131. The van der Waals surface area contributed by atoms with Crippen LogP contribution in [-0.2, 0) is 16.0 Å². The molecule has 6 heteroatoms. The number of benzene rings is 1. The fraction of sp³-hybridized carbons (Fsp3) is 0.636. The molecule has 1 amide bonds. The Bertz CT molecular complexity index is 648. The van der Waals surface area contributed by atoms with Crippen molar-refractivity contribution in [3.8, 4) is 0 Å². The Labute approximate surface area is 168 Å². The van der Waals surface area contributed by atoms with E-state index in [1.807, 2.05) is 4.90 Å². The zero-order chi connectivity index (χ0) is 19.8. The van der Waals surface area contributed by atoms with Gasteiger partial charge in [-0.05, 0) is 50.5 Å². The van der Waals surface area contributed by atoms with Gasteiger partial charge < -0.3 is 20.3 Å². The van der Waals surface area contributed by atoms with Crippen LogP contribution in [0.2, 0.25) is 0 Å². The van der Waals surface area contributed by atoms with Crippen molar-refractivity contribution in [2.45, 2.75) is 44.6 Å². The van der Waals surface area contributed by atoms with Crippen LogP contribution in [0.1, 0.15) is 38.2 Å². The first-order valence-corrected chi connectivity index (χ1v) is 10.5. The van der Waals surface area contributed by atoms with Crippen LogP contribution >= 0.6 is 0 Å². The molecule has 2 aliphatic heterocycles. The van der Waals surface area contributed by atoms with Crippen LogP contribution in [0.4, 0.5) is 0 Å². The Hall–Kier alpha value is -2.08. The van der Waals surface area contributed by atoms with Gasteiger partial charge in [0.15, 0.2) is 5.96 Å². The molecule has 6 nitrogen and oxygen atoms in total. The first kappa shape index (κ1) is 20.6. The highest BCUT2D eigenvalue weighted by atomic mass is 16.5. The van der Waals surface area contributed by atoms with Gasteiger partial charge in [0.2, 0.25) is 5.91 Å². The van der Waals surface area contributed by atoms with Crippen molar-refractivity contribution in [1.29, 1.82) is 0 Å². The van der Waals surface area contributed by atoms with Crippen LogP contribution in [0.15, 0.2) is 35.3 Å². The lowest BCUT2D eigenvalue weighted by Crippen LogP contribution is -2.49. The molecule has 1 unspecified atom stereocenters. The van der Waals surface area contributed by atoms with Gasteiger partial charge in [-0.25, -0.2) is 0 Å². The van der Waals surface area contributed by atoms with E-state index in [2.05, 4.69) is 52.9 Å². The fourth-order valence-corrected chi connectivity index (χ4v) is 4.07. The molecule has 0 saturated carbocycles. The molecule has 154 valence electrons. The highest BCUT2D eigenvalue weighted by molar-refractivity contribution is 5.86. The van der Waals surface area contributed by atoms with Crippen LogP contribution < -0.4 is 10.6 Å². The molecule has 1 atom stereocenters. The molecule has 1 aromatic carbocycles. The van der Waals surface area contributed by atoms with E-state index in [-0.39, 0.29) is 18.1 Å². The first-order chi connectivity index (χ1) is 13.6. The number of carbonyl (C=O) groups is 1. The number of hydrogen-bond acceptors (Lipinski definition) is 3. The molecule has 0 aromatic heterocycles. The lowest BCUT2D eigenvalue weighted by Gasteiger charge is -2.32. The van der Waals surface area contributed by atoms with Crippen molar-refractivity contribution in [2.75, 3.05) is 39.8 Å². The van der Waals surface area contributed by atoms with Gasteiger partial charge in [-0.1, -0.05) is 30.3 Å². The summed E-state index contributed by atoms with van der Waals surface area (Å²) in [5, 5.41) is 6.44. The number of ether oxygens (including phenoxy) is 1. The number of hydrogen-bond donors (Lipinski definition) is 2. The summed E-state index contributed by atoms with van der Waals surface area (Å²) in [6.07, 6.45) is 5.40. The Morgan fingerprint density at radius 3 is 2.64 bits per heavy atom. The molecule has 0 spiro atoms. The number of carbonyl (C=O) groups excluding carboxylic acids is 1. The van der Waals surface area contributed by atoms with E-state index in [1.54, 1.807) is 7.05 Å². The fourth-order valence-electron chi connectivity index (χ4n) is 4.07.